The van der Waals surface area contributed by atoms with Crippen LogP contribution in [0.25, 0.3) is 11.0 Å². The van der Waals surface area contributed by atoms with E-state index in [2.05, 4.69) is 15.6 Å². The summed E-state index contributed by atoms with van der Waals surface area (Å²) in [6.45, 7) is 2.05. The first kappa shape index (κ1) is 25.4. The second kappa shape index (κ2) is 11.4. The van der Waals surface area contributed by atoms with Gasteiger partial charge < -0.3 is 10.1 Å². The number of nitrogens with one attached hydrogen (secondary N) is 1. The zero-order valence-electron chi connectivity index (χ0n) is 21.2. The minimum absolute atomic E-state index is 0.0213. The largest absolute Gasteiger partial charge is 0.493 e. The van der Waals surface area contributed by atoms with Crippen LogP contribution in [0.15, 0.2) is 72.8 Å². The number of carbonyl (C=O) groups is 2. The first-order valence-corrected chi connectivity index (χ1v) is 12.9. The molecule has 1 aliphatic rings. The maximum Gasteiger partial charge on any atom is 0.249 e. The highest BCUT2D eigenvalue weighted by Gasteiger charge is 2.36. The van der Waals surface area contributed by atoms with Gasteiger partial charge in [0.2, 0.25) is 11.8 Å². The molecule has 1 N–H and O–H groups in total. The third-order valence-electron chi connectivity index (χ3n) is 6.78. The van der Waals surface area contributed by atoms with E-state index in [4.69, 9.17) is 4.74 Å². The van der Waals surface area contributed by atoms with E-state index in [1.807, 2.05) is 37.3 Å². The number of ether oxygens (including phenoxy) is 1. The van der Waals surface area contributed by atoms with Crippen molar-refractivity contribution in [1.29, 1.82) is 0 Å². The van der Waals surface area contributed by atoms with Crippen molar-refractivity contribution < 1.29 is 18.7 Å². The summed E-state index contributed by atoms with van der Waals surface area (Å²) in [7, 11) is 0. The molecule has 0 spiro atoms. The molecule has 1 aromatic heterocycles. The number of amides is 2. The van der Waals surface area contributed by atoms with Crippen LogP contribution in [0.3, 0.4) is 0 Å². The van der Waals surface area contributed by atoms with E-state index in [9.17, 15) is 14.0 Å². The molecule has 0 saturated heterocycles. The van der Waals surface area contributed by atoms with E-state index < -0.39 is 17.8 Å². The summed E-state index contributed by atoms with van der Waals surface area (Å²) >= 11 is 0. The van der Waals surface area contributed by atoms with Gasteiger partial charge in [0.15, 0.2) is 0 Å². The molecule has 1 atom stereocenters. The van der Waals surface area contributed by atoms with E-state index in [0.717, 1.165) is 25.7 Å². The Kier molecular flexibility index (Phi) is 7.62. The standard InChI is InChI=1S/C29H30FN5O3/c1-2-38-26-17-8-5-14-23(26)28(29(37)31-21-11-3-4-12-21)35(22-13-9-10-20(30)18-22)27(36)19-34-25-16-7-6-15-24(25)32-33-34/h5-10,13-18,21,28H,2-4,11-12,19H2,1H3,(H,31,37)/t28-/m1/s1. The van der Waals surface area contributed by atoms with Crippen molar-refractivity contribution in [1.82, 2.24) is 20.3 Å². The Morgan fingerprint density at radius 1 is 1.08 bits per heavy atom. The van der Waals surface area contributed by atoms with Crippen molar-refractivity contribution in [3.63, 3.8) is 0 Å². The van der Waals surface area contributed by atoms with E-state index in [-0.39, 0.29) is 24.2 Å². The summed E-state index contributed by atoms with van der Waals surface area (Å²) in [6.07, 6.45) is 3.84. The summed E-state index contributed by atoms with van der Waals surface area (Å²) in [5, 5.41) is 11.4. The topological polar surface area (TPSA) is 89.4 Å². The van der Waals surface area contributed by atoms with Crippen molar-refractivity contribution in [2.75, 3.05) is 11.5 Å². The fourth-order valence-corrected chi connectivity index (χ4v) is 5.04. The van der Waals surface area contributed by atoms with Crippen molar-refractivity contribution in [2.45, 2.75) is 51.2 Å². The van der Waals surface area contributed by atoms with Gasteiger partial charge in [-0.2, -0.15) is 0 Å². The molecule has 3 aromatic carbocycles. The van der Waals surface area contributed by atoms with Crippen LogP contribution >= 0.6 is 0 Å². The maximum atomic E-state index is 14.5. The Balaban J connectivity index is 1.61. The maximum absolute atomic E-state index is 14.5. The van der Waals surface area contributed by atoms with Crippen LogP contribution in [0.1, 0.15) is 44.2 Å². The number of hydrogen-bond acceptors (Lipinski definition) is 5. The van der Waals surface area contributed by atoms with Gasteiger partial charge in [-0.15, -0.1) is 5.10 Å². The molecule has 1 heterocycles. The number of nitrogens with zero attached hydrogens (tertiary/aromatic N) is 4. The molecule has 38 heavy (non-hydrogen) atoms. The monoisotopic (exact) mass is 515 g/mol. The average Bonchev–Trinajstić information content (AvgIpc) is 3.58. The molecule has 4 aromatic rings. The van der Waals surface area contributed by atoms with E-state index in [1.165, 1.54) is 27.8 Å². The van der Waals surface area contributed by atoms with Gasteiger partial charge in [0.25, 0.3) is 0 Å². The van der Waals surface area contributed by atoms with Crippen molar-refractivity contribution >= 4 is 28.5 Å². The lowest BCUT2D eigenvalue weighted by Crippen LogP contribution is -2.47. The number of rotatable bonds is 9. The lowest BCUT2D eigenvalue weighted by atomic mass is 10.0. The molecule has 5 rings (SSSR count). The van der Waals surface area contributed by atoms with Crippen LogP contribution in [0, 0.1) is 5.82 Å². The van der Waals surface area contributed by atoms with Crippen molar-refractivity contribution in [3.05, 3.63) is 84.2 Å². The molecular weight excluding hydrogens is 485 g/mol. The first-order valence-electron chi connectivity index (χ1n) is 12.9. The third-order valence-corrected chi connectivity index (χ3v) is 6.78. The fourth-order valence-electron chi connectivity index (χ4n) is 5.04. The first-order chi connectivity index (χ1) is 18.5. The number of fused-ring (bicyclic) bond motifs is 1. The number of aromatic nitrogens is 3. The quantitative estimate of drug-likeness (QED) is 0.346. The predicted molar refractivity (Wildman–Crippen MR) is 142 cm³/mol. The Bertz CT molecular complexity index is 1430. The summed E-state index contributed by atoms with van der Waals surface area (Å²) in [4.78, 5) is 29.4. The number of benzene rings is 3. The fraction of sp³-hybridized carbons (Fsp3) is 0.310. The number of hydrogen-bond donors (Lipinski definition) is 1. The van der Waals surface area contributed by atoms with Crippen LogP contribution in [-0.4, -0.2) is 39.5 Å². The summed E-state index contributed by atoms with van der Waals surface area (Å²) in [5.74, 6) is -0.809. The molecule has 0 unspecified atom stereocenters. The van der Waals surface area contributed by atoms with Crippen LogP contribution in [-0.2, 0) is 16.1 Å². The molecule has 196 valence electrons. The Morgan fingerprint density at radius 3 is 2.63 bits per heavy atom. The molecule has 1 aliphatic carbocycles. The van der Waals surface area contributed by atoms with Crippen LogP contribution < -0.4 is 15.0 Å². The number of carbonyl (C=O) groups excluding carboxylic acids is 2. The van der Waals surface area contributed by atoms with Gasteiger partial charge in [-0.05, 0) is 56.2 Å². The summed E-state index contributed by atoms with van der Waals surface area (Å²) in [6, 6.07) is 19.1. The molecule has 0 bridgehead atoms. The lowest BCUT2D eigenvalue weighted by Gasteiger charge is -2.33. The van der Waals surface area contributed by atoms with E-state index >= 15 is 0 Å². The van der Waals surface area contributed by atoms with Gasteiger partial charge in [-0.1, -0.05) is 54.5 Å². The van der Waals surface area contributed by atoms with Gasteiger partial charge in [-0.25, -0.2) is 9.07 Å². The second-order valence-corrected chi connectivity index (χ2v) is 9.34. The highest BCUT2D eigenvalue weighted by Crippen LogP contribution is 2.35. The number of halogens is 1. The molecule has 8 nitrogen and oxygen atoms in total. The van der Waals surface area contributed by atoms with Crippen molar-refractivity contribution in [3.8, 4) is 5.75 Å². The Morgan fingerprint density at radius 2 is 1.84 bits per heavy atom. The minimum Gasteiger partial charge on any atom is -0.493 e. The molecule has 1 fully saturated rings. The van der Waals surface area contributed by atoms with Gasteiger partial charge in [0, 0.05) is 17.3 Å². The molecule has 1 saturated carbocycles. The lowest BCUT2D eigenvalue weighted by molar-refractivity contribution is -0.127. The SMILES string of the molecule is CCOc1ccccc1[C@H](C(=O)NC1CCCC1)N(C(=O)Cn1nnc2ccccc21)c1cccc(F)c1. The molecular formula is C29H30FN5O3. The van der Waals surface area contributed by atoms with Crippen LogP contribution in [0.5, 0.6) is 5.75 Å². The zero-order chi connectivity index (χ0) is 26.5. The third kappa shape index (κ3) is 5.37. The summed E-state index contributed by atoms with van der Waals surface area (Å²) in [5.41, 5.74) is 2.11. The zero-order valence-corrected chi connectivity index (χ0v) is 21.2. The van der Waals surface area contributed by atoms with Crippen LogP contribution in [0.4, 0.5) is 10.1 Å². The number of anilines is 1. The van der Waals surface area contributed by atoms with E-state index in [0.29, 0.717) is 29.0 Å². The van der Waals surface area contributed by atoms with Crippen LogP contribution in [0.2, 0.25) is 0 Å². The molecule has 2 amide bonds. The average molecular weight is 516 g/mol. The van der Waals surface area contributed by atoms with Crippen molar-refractivity contribution in [2.24, 2.45) is 0 Å². The normalized spacial score (nSPS) is 14.4. The second-order valence-electron chi connectivity index (χ2n) is 9.34. The van der Waals surface area contributed by atoms with Gasteiger partial charge >= 0.3 is 0 Å². The molecule has 0 radical (unpaired) electrons. The Hall–Kier alpha value is -4.27. The van der Waals surface area contributed by atoms with Gasteiger partial charge in [-0.3, -0.25) is 14.5 Å². The van der Waals surface area contributed by atoms with E-state index in [1.54, 1.807) is 24.3 Å². The highest BCUT2D eigenvalue weighted by molar-refractivity contribution is 6.02. The number of para-hydroxylation sites is 2. The highest BCUT2D eigenvalue weighted by atomic mass is 19.1. The summed E-state index contributed by atoms with van der Waals surface area (Å²) < 4.78 is 21.8. The minimum atomic E-state index is -1.09. The molecule has 9 heteroatoms. The van der Waals surface area contributed by atoms with Gasteiger partial charge in [0.05, 0.1) is 12.1 Å². The van der Waals surface area contributed by atoms with Gasteiger partial charge in [0.1, 0.15) is 29.7 Å². The Labute approximate surface area is 220 Å². The smallest absolute Gasteiger partial charge is 0.249 e. The predicted octanol–water partition coefficient (Wildman–Crippen LogP) is 4.80. The molecule has 0 aliphatic heterocycles.